The number of carboxylic acids is 1. The van der Waals surface area contributed by atoms with E-state index in [0.29, 0.717) is 0 Å². The first kappa shape index (κ1) is 24.9. The molecule has 1 heterocycles. The average molecular weight is 349 g/mol. The van der Waals surface area contributed by atoms with E-state index < -0.39 is 61.1 Å². The van der Waals surface area contributed by atoms with Gasteiger partial charge in [-0.15, -0.1) is 0 Å². The summed E-state index contributed by atoms with van der Waals surface area (Å²) < 4.78 is 4.80. The van der Waals surface area contributed by atoms with E-state index in [1.54, 1.807) is 0 Å². The van der Waals surface area contributed by atoms with Gasteiger partial charge in [-0.3, -0.25) is 4.79 Å². The van der Waals surface area contributed by atoms with Crippen LogP contribution < -0.4 is 40.0 Å². The second-order valence-corrected chi connectivity index (χ2v) is 4.89. The quantitative estimate of drug-likeness (QED) is 0.260. The molecule has 1 amide bonds. The van der Waals surface area contributed by atoms with Crippen LogP contribution in [0.5, 0.6) is 0 Å². The van der Waals surface area contributed by atoms with Gasteiger partial charge >= 0.3 is 29.6 Å². The Morgan fingerprint density at radius 1 is 1.43 bits per heavy atom. The predicted molar refractivity (Wildman–Crippen MR) is 65.8 cm³/mol. The van der Waals surface area contributed by atoms with Crippen LogP contribution >= 0.6 is 0 Å². The van der Waals surface area contributed by atoms with Crippen LogP contribution in [0.2, 0.25) is 0 Å². The van der Waals surface area contributed by atoms with Crippen LogP contribution in [0, 0.1) is 0 Å². The van der Waals surface area contributed by atoms with Crippen molar-refractivity contribution in [2.75, 3.05) is 6.61 Å². The van der Waals surface area contributed by atoms with E-state index in [1.807, 2.05) is 0 Å². The predicted octanol–water partition coefficient (Wildman–Crippen LogP) is -9.03. The molecule has 0 saturated carbocycles. The number of aliphatic carboxylic acids is 1. The molecule has 1 unspecified atom stereocenters. The fourth-order valence-electron chi connectivity index (χ4n) is 2.13. The van der Waals surface area contributed by atoms with Crippen LogP contribution in [-0.4, -0.2) is 85.7 Å². The molecule has 0 aromatic heterocycles. The summed E-state index contributed by atoms with van der Waals surface area (Å²) >= 11 is 0. The van der Waals surface area contributed by atoms with E-state index in [4.69, 9.17) is 9.84 Å². The van der Waals surface area contributed by atoms with E-state index in [1.165, 1.54) is 0 Å². The van der Waals surface area contributed by atoms with Crippen LogP contribution in [0.3, 0.4) is 0 Å². The largest absolute Gasteiger partial charge is 1.00 e. The standard InChI is InChI=1S/C11H19NO9.Na.H2O/c1-4(14)12-7-5(15)2-11(20,10(18)19)21-9(7)8(17)6(16)3-13;;/h5-9,13,15-17,20H,2-3H2,1H3,(H,12,14)(H,18,19);;1H2/q;+1;/p-1/t5-,6+,7+,8+,9+,11?;;/m0../s1. The maximum Gasteiger partial charge on any atom is 1.00 e. The number of ether oxygens (including phenoxy) is 1. The first-order valence-corrected chi connectivity index (χ1v) is 6.16. The van der Waals surface area contributed by atoms with E-state index in [0.717, 1.165) is 6.92 Å². The van der Waals surface area contributed by atoms with Gasteiger partial charge in [-0.2, -0.15) is 0 Å². The van der Waals surface area contributed by atoms with E-state index in [9.17, 15) is 35.1 Å². The Kier molecular flexibility index (Phi) is 10.7. The van der Waals surface area contributed by atoms with Gasteiger partial charge in [0.15, 0.2) is 0 Å². The number of carboxylic acid groups (broad SMARTS) is 1. The molecule has 1 aliphatic rings. The number of carbonyl (C=O) groups excluding carboxylic acids is 2. The van der Waals surface area contributed by atoms with Gasteiger partial charge in [-0.05, 0) is 0 Å². The minimum atomic E-state index is -2.89. The van der Waals surface area contributed by atoms with Crippen molar-refractivity contribution < 1.29 is 80.0 Å². The Balaban J connectivity index is 0. The van der Waals surface area contributed by atoms with Gasteiger partial charge in [0.1, 0.15) is 24.3 Å². The molecule has 1 rings (SSSR count). The van der Waals surface area contributed by atoms with Crippen molar-refractivity contribution in [1.82, 2.24) is 5.32 Å². The molecule has 23 heavy (non-hydrogen) atoms. The second kappa shape index (κ2) is 9.84. The average Bonchev–Trinajstić information content (AvgIpc) is 2.39. The second-order valence-electron chi connectivity index (χ2n) is 4.89. The summed E-state index contributed by atoms with van der Waals surface area (Å²) in [7, 11) is 0. The van der Waals surface area contributed by atoms with Crippen LogP contribution in [0.1, 0.15) is 13.3 Å². The number of hydrogen-bond acceptors (Lipinski definition) is 9. The Morgan fingerprint density at radius 2 is 1.96 bits per heavy atom. The van der Waals surface area contributed by atoms with Gasteiger partial charge in [-0.25, -0.2) is 0 Å². The molecule has 11 nitrogen and oxygen atoms in total. The summed E-state index contributed by atoms with van der Waals surface area (Å²) in [5.41, 5.74) is 0. The first-order valence-electron chi connectivity index (χ1n) is 6.16. The fraction of sp³-hybridized carbons (Fsp3) is 0.818. The number of rotatable bonds is 5. The number of aliphatic hydroxyl groups is 5. The third-order valence-electron chi connectivity index (χ3n) is 3.19. The van der Waals surface area contributed by atoms with E-state index in [-0.39, 0.29) is 35.0 Å². The molecule has 0 aromatic carbocycles. The van der Waals surface area contributed by atoms with Gasteiger partial charge in [-0.1, -0.05) is 0 Å². The molecule has 6 atom stereocenters. The fourth-order valence-corrected chi connectivity index (χ4v) is 2.13. The SMILES string of the molecule is CC(=O)N[C@H]1[C@H]([C@H](O)[C@H](O)CO)OC(O)(C(=O)[O-])C[C@@H]1O.O.[Na+]. The summed E-state index contributed by atoms with van der Waals surface area (Å²) in [6.07, 6.45) is -7.67. The van der Waals surface area contributed by atoms with Gasteiger partial charge in [0.05, 0.1) is 18.8 Å². The van der Waals surface area contributed by atoms with Gasteiger partial charge in [0, 0.05) is 13.3 Å². The molecule has 0 spiro atoms. The Bertz CT molecular complexity index is 410. The van der Waals surface area contributed by atoms with Gasteiger partial charge < -0.3 is 51.0 Å². The maximum absolute atomic E-state index is 11.1. The molecular weight excluding hydrogens is 329 g/mol. The molecule has 8 N–H and O–H groups in total. The van der Waals surface area contributed by atoms with Crippen molar-refractivity contribution in [1.29, 1.82) is 0 Å². The first-order chi connectivity index (χ1) is 9.62. The zero-order valence-corrected chi connectivity index (χ0v) is 14.7. The summed E-state index contributed by atoms with van der Waals surface area (Å²) in [5, 5.41) is 60.8. The minimum absolute atomic E-state index is 0. The molecule has 12 heteroatoms. The van der Waals surface area contributed by atoms with E-state index >= 15 is 0 Å². The molecular formula is C11H20NNaO10. The molecule has 0 aromatic rings. The third kappa shape index (κ3) is 5.90. The van der Waals surface area contributed by atoms with Crippen molar-refractivity contribution in [3.63, 3.8) is 0 Å². The molecule has 1 saturated heterocycles. The number of hydrogen-bond donors (Lipinski definition) is 6. The third-order valence-corrected chi connectivity index (χ3v) is 3.19. The van der Waals surface area contributed by atoms with Gasteiger partial charge in [0.25, 0.3) is 0 Å². The molecule has 0 bridgehead atoms. The minimum Gasteiger partial charge on any atom is -0.544 e. The summed E-state index contributed by atoms with van der Waals surface area (Å²) in [6, 6.07) is -1.29. The van der Waals surface area contributed by atoms with Crippen molar-refractivity contribution in [3.05, 3.63) is 0 Å². The summed E-state index contributed by atoms with van der Waals surface area (Å²) in [5.74, 6) is -5.55. The van der Waals surface area contributed by atoms with Crippen LogP contribution in [-0.2, 0) is 14.3 Å². The zero-order valence-electron chi connectivity index (χ0n) is 12.7. The Labute approximate surface area is 153 Å². The number of aliphatic hydroxyl groups excluding tert-OH is 4. The molecule has 1 fully saturated rings. The topological polar surface area (TPSA) is 211 Å². The van der Waals surface area contributed by atoms with Crippen molar-refractivity contribution in [3.8, 4) is 0 Å². The maximum atomic E-state index is 11.1. The smallest absolute Gasteiger partial charge is 0.544 e. The molecule has 0 aliphatic carbocycles. The normalized spacial score (nSPS) is 32.7. The number of nitrogens with one attached hydrogen (secondary N) is 1. The van der Waals surface area contributed by atoms with E-state index in [2.05, 4.69) is 5.32 Å². The Morgan fingerprint density at radius 3 is 2.35 bits per heavy atom. The van der Waals surface area contributed by atoms with Crippen molar-refractivity contribution >= 4 is 11.9 Å². The van der Waals surface area contributed by atoms with Crippen LogP contribution in [0.4, 0.5) is 0 Å². The summed E-state index contributed by atoms with van der Waals surface area (Å²) in [6.45, 7) is 0.228. The van der Waals surface area contributed by atoms with Gasteiger partial charge in [0.2, 0.25) is 11.7 Å². The van der Waals surface area contributed by atoms with Crippen molar-refractivity contribution in [2.45, 2.75) is 49.6 Å². The van der Waals surface area contributed by atoms with Crippen LogP contribution in [0.15, 0.2) is 0 Å². The van der Waals surface area contributed by atoms with Crippen LogP contribution in [0.25, 0.3) is 0 Å². The monoisotopic (exact) mass is 349 g/mol. The molecule has 1 aliphatic heterocycles. The number of amides is 1. The number of carbonyl (C=O) groups is 2. The van der Waals surface area contributed by atoms with Crippen molar-refractivity contribution in [2.24, 2.45) is 0 Å². The molecule has 130 valence electrons. The Hall–Kier alpha value is -0.340. The zero-order chi connectivity index (χ0) is 16.4. The summed E-state index contributed by atoms with van der Waals surface area (Å²) in [4.78, 5) is 22.0. The molecule has 0 radical (unpaired) electrons.